The summed E-state index contributed by atoms with van der Waals surface area (Å²) in [5, 5.41) is 5.00. The topological polar surface area (TPSA) is 71.5 Å². The van der Waals surface area contributed by atoms with E-state index in [1.165, 1.54) is 11.3 Å². The van der Waals surface area contributed by atoms with Crippen LogP contribution in [-0.4, -0.2) is 41.4 Å². The van der Waals surface area contributed by atoms with E-state index in [-0.39, 0.29) is 17.7 Å². The fourth-order valence-corrected chi connectivity index (χ4v) is 5.28. The van der Waals surface area contributed by atoms with E-state index >= 15 is 0 Å². The van der Waals surface area contributed by atoms with Gasteiger partial charge in [-0.25, -0.2) is 0 Å². The van der Waals surface area contributed by atoms with Crippen molar-refractivity contribution in [2.24, 2.45) is 0 Å². The molecule has 0 spiro atoms. The SMILES string of the molecule is CCOc1ccccc1CNC(=O)c1ccc(C)nc1C1CCN(C(=O)c2sccc2C)CC1. The van der Waals surface area contributed by atoms with Crippen LogP contribution in [0.4, 0.5) is 0 Å². The Morgan fingerprint density at radius 1 is 1.12 bits per heavy atom. The molecule has 0 unspecified atom stereocenters. The Kier molecular flexibility index (Phi) is 7.63. The van der Waals surface area contributed by atoms with Gasteiger partial charge >= 0.3 is 0 Å². The third-order valence-corrected chi connectivity index (χ3v) is 7.25. The fourth-order valence-electron chi connectivity index (χ4n) is 4.39. The summed E-state index contributed by atoms with van der Waals surface area (Å²) in [6.07, 6.45) is 1.58. The summed E-state index contributed by atoms with van der Waals surface area (Å²) < 4.78 is 5.68. The minimum absolute atomic E-state index is 0.106. The van der Waals surface area contributed by atoms with Crippen molar-refractivity contribution >= 4 is 23.2 Å². The van der Waals surface area contributed by atoms with E-state index in [0.717, 1.165) is 46.0 Å². The number of nitrogens with zero attached hydrogens (tertiary/aromatic N) is 2. The van der Waals surface area contributed by atoms with Gasteiger partial charge in [0.25, 0.3) is 11.8 Å². The molecule has 0 radical (unpaired) electrons. The van der Waals surface area contributed by atoms with Crippen LogP contribution in [0.15, 0.2) is 47.8 Å². The maximum atomic E-state index is 13.2. The maximum Gasteiger partial charge on any atom is 0.264 e. The van der Waals surface area contributed by atoms with Crippen LogP contribution >= 0.6 is 11.3 Å². The molecule has 0 atom stereocenters. The van der Waals surface area contributed by atoms with E-state index in [2.05, 4.69) is 5.32 Å². The zero-order valence-corrected chi connectivity index (χ0v) is 20.8. The molecule has 2 aromatic heterocycles. The lowest BCUT2D eigenvalue weighted by atomic mass is 9.89. The van der Waals surface area contributed by atoms with E-state index < -0.39 is 0 Å². The molecule has 3 heterocycles. The van der Waals surface area contributed by atoms with Gasteiger partial charge in [0.1, 0.15) is 5.75 Å². The predicted octanol–water partition coefficient (Wildman–Crippen LogP) is 5.11. The normalized spacial score (nSPS) is 14.1. The molecule has 1 aliphatic heterocycles. The maximum absolute atomic E-state index is 13.2. The van der Waals surface area contributed by atoms with E-state index in [1.807, 2.05) is 73.5 Å². The van der Waals surface area contributed by atoms with Gasteiger partial charge in [-0.3, -0.25) is 14.6 Å². The van der Waals surface area contributed by atoms with Crippen molar-refractivity contribution in [1.29, 1.82) is 0 Å². The van der Waals surface area contributed by atoms with Gasteiger partial charge < -0.3 is 15.0 Å². The lowest BCUT2D eigenvalue weighted by Gasteiger charge is -2.32. The zero-order chi connectivity index (χ0) is 24.1. The van der Waals surface area contributed by atoms with Crippen molar-refractivity contribution in [2.75, 3.05) is 19.7 Å². The number of aryl methyl sites for hydroxylation is 2. The Bertz CT molecular complexity index is 1170. The van der Waals surface area contributed by atoms with Gasteiger partial charge in [0.05, 0.1) is 22.7 Å². The van der Waals surface area contributed by atoms with Crippen LogP contribution in [-0.2, 0) is 6.54 Å². The number of ether oxygens (including phenoxy) is 1. The summed E-state index contributed by atoms with van der Waals surface area (Å²) >= 11 is 1.50. The van der Waals surface area contributed by atoms with Gasteiger partial charge in [-0.2, -0.15) is 0 Å². The van der Waals surface area contributed by atoms with Crippen LogP contribution in [0.5, 0.6) is 5.75 Å². The number of hydrogen-bond donors (Lipinski definition) is 1. The number of carbonyl (C=O) groups is 2. The number of carbonyl (C=O) groups excluding carboxylic acids is 2. The molecule has 1 saturated heterocycles. The summed E-state index contributed by atoms with van der Waals surface area (Å²) in [6, 6.07) is 13.5. The molecular formula is C27H31N3O3S. The Morgan fingerprint density at radius 3 is 2.59 bits per heavy atom. The molecular weight excluding hydrogens is 446 g/mol. The molecule has 178 valence electrons. The summed E-state index contributed by atoms with van der Waals surface area (Å²) in [5.74, 6) is 0.894. The quantitative estimate of drug-likeness (QED) is 0.513. The number of benzene rings is 1. The third-order valence-electron chi connectivity index (χ3n) is 6.25. The first-order valence-electron chi connectivity index (χ1n) is 11.8. The number of aromatic nitrogens is 1. The first-order valence-corrected chi connectivity index (χ1v) is 12.7. The van der Waals surface area contributed by atoms with Crippen molar-refractivity contribution in [2.45, 2.75) is 46.1 Å². The standard InChI is InChI=1S/C27H31N3O3S/c1-4-33-23-8-6-5-7-21(23)17-28-26(31)22-10-9-19(3)29-24(22)20-11-14-30(15-12-20)27(32)25-18(2)13-16-34-25/h5-10,13,16,20H,4,11-12,14-15,17H2,1-3H3,(H,28,31). The van der Waals surface area contributed by atoms with Gasteiger partial charge in [-0.15, -0.1) is 11.3 Å². The first-order chi connectivity index (χ1) is 16.5. The van der Waals surface area contributed by atoms with Gasteiger partial charge in [0, 0.05) is 36.8 Å². The predicted molar refractivity (Wildman–Crippen MR) is 135 cm³/mol. The number of thiophene rings is 1. The summed E-state index contributed by atoms with van der Waals surface area (Å²) in [6.45, 7) is 8.16. The Morgan fingerprint density at radius 2 is 1.88 bits per heavy atom. The molecule has 6 nitrogen and oxygen atoms in total. The molecule has 1 aliphatic rings. The minimum Gasteiger partial charge on any atom is -0.494 e. The van der Waals surface area contributed by atoms with E-state index in [0.29, 0.717) is 31.8 Å². The van der Waals surface area contributed by atoms with Crippen molar-refractivity contribution in [3.05, 3.63) is 80.8 Å². The van der Waals surface area contributed by atoms with Crippen molar-refractivity contribution in [3.8, 4) is 5.75 Å². The monoisotopic (exact) mass is 477 g/mol. The van der Waals surface area contributed by atoms with E-state index in [4.69, 9.17) is 9.72 Å². The average Bonchev–Trinajstić information content (AvgIpc) is 3.29. The van der Waals surface area contributed by atoms with Crippen molar-refractivity contribution < 1.29 is 14.3 Å². The molecule has 0 saturated carbocycles. The van der Waals surface area contributed by atoms with Gasteiger partial charge in [0.15, 0.2) is 0 Å². The molecule has 0 bridgehead atoms. The number of amides is 2. The van der Waals surface area contributed by atoms with Crippen LogP contribution in [0.2, 0.25) is 0 Å². The largest absolute Gasteiger partial charge is 0.494 e. The summed E-state index contributed by atoms with van der Waals surface area (Å²) in [4.78, 5) is 33.6. The number of pyridine rings is 1. The zero-order valence-electron chi connectivity index (χ0n) is 20.0. The second kappa shape index (κ2) is 10.8. The molecule has 7 heteroatoms. The lowest BCUT2D eigenvalue weighted by molar-refractivity contribution is 0.0714. The highest BCUT2D eigenvalue weighted by molar-refractivity contribution is 7.12. The van der Waals surface area contributed by atoms with Crippen molar-refractivity contribution in [1.82, 2.24) is 15.2 Å². The van der Waals surface area contributed by atoms with Crippen LogP contribution in [0, 0.1) is 13.8 Å². The van der Waals surface area contributed by atoms with Crippen LogP contribution in [0.1, 0.15) is 68.2 Å². The number of piperidine rings is 1. The van der Waals surface area contributed by atoms with E-state index in [1.54, 1.807) is 0 Å². The van der Waals surface area contributed by atoms with Crippen molar-refractivity contribution in [3.63, 3.8) is 0 Å². The molecule has 0 aliphatic carbocycles. The van der Waals surface area contributed by atoms with Crippen LogP contribution in [0.25, 0.3) is 0 Å². The average molecular weight is 478 g/mol. The third kappa shape index (κ3) is 5.30. The van der Waals surface area contributed by atoms with Gasteiger partial charge in [-0.1, -0.05) is 18.2 Å². The number of hydrogen-bond acceptors (Lipinski definition) is 5. The first kappa shape index (κ1) is 24.0. The highest BCUT2D eigenvalue weighted by atomic mass is 32.1. The van der Waals surface area contributed by atoms with Gasteiger partial charge in [0.2, 0.25) is 0 Å². The number of rotatable bonds is 7. The fraction of sp³-hybridized carbons (Fsp3) is 0.370. The Balaban J connectivity index is 1.45. The second-order valence-electron chi connectivity index (χ2n) is 8.61. The smallest absolute Gasteiger partial charge is 0.264 e. The summed E-state index contributed by atoms with van der Waals surface area (Å²) in [5.41, 5.74) is 4.30. The Labute approximate surface area is 205 Å². The minimum atomic E-state index is -0.137. The molecule has 1 aromatic carbocycles. The van der Waals surface area contributed by atoms with Gasteiger partial charge in [-0.05, 0) is 68.8 Å². The highest BCUT2D eigenvalue weighted by Crippen LogP contribution is 2.31. The highest BCUT2D eigenvalue weighted by Gasteiger charge is 2.29. The van der Waals surface area contributed by atoms with Crippen LogP contribution in [0.3, 0.4) is 0 Å². The molecule has 2 amide bonds. The van der Waals surface area contributed by atoms with E-state index in [9.17, 15) is 9.59 Å². The molecule has 4 rings (SSSR count). The molecule has 34 heavy (non-hydrogen) atoms. The van der Waals surface area contributed by atoms with Crippen LogP contribution < -0.4 is 10.1 Å². The molecule has 3 aromatic rings. The Hall–Kier alpha value is -3.19. The number of nitrogens with one attached hydrogen (secondary N) is 1. The molecule has 1 N–H and O–H groups in total. The second-order valence-corrected chi connectivity index (χ2v) is 9.52. The number of likely N-dealkylation sites (tertiary alicyclic amines) is 1. The molecule has 1 fully saturated rings. The summed E-state index contributed by atoms with van der Waals surface area (Å²) in [7, 11) is 0. The lowest BCUT2D eigenvalue weighted by Crippen LogP contribution is -2.38. The number of para-hydroxylation sites is 1.